The number of piperazine rings is 1. The summed E-state index contributed by atoms with van der Waals surface area (Å²) < 4.78 is 0. The van der Waals surface area contributed by atoms with Crippen LogP contribution in [0.5, 0.6) is 0 Å². The van der Waals surface area contributed by atoms with E-state index in [4.69, 9.17) is 11.1 Å². The van der Waals surface area contributed by atoms with Gasteiger partial charge in [-0.2, -0.15) is 0 Å². The third-order valence-corrected chi connectivity index (χ3v) is 3.04. The summed E-state index contributed by atoms with van der Waals surface area (Å²) in [5.74, 6) is 0.694. The first kappa shape index (κ1) is 11.8. The lowest BCUT2D eigenvalue weighted by Gasteiger charge is -2.39. The molecule has 17 heavy (non-hydrogen) atoms. The van der Waals surface area contributed by atoms with Crippen molar-refractivity contribution in [2.45, 2.75) is 13.0 Å². The molecule has 0 saturated carbocycles. The fourth-order valence-corrected chi connectivity index (χ4v) is 2.19. The minimum atomic E-state index is -0.0285. The van der Waals surface area contributed by atoms with Crippen LogP contribution in [0.1, 0.15) is 12.6 Å². The van der Waals surface area contributed by atoms with Crippen LogP contribution >= 0.6 is 0 Å². The second-order valence-electron chi connectivity index (χ2n) is 4.45. The lowest BCUT2D eigenvalue weighted by atomic mass is 10.2. The topological polar surface area (TPSA) is 82.1 Å². The molecule has 0 spiro atoms. The Labute approximate surface area is 101 Å². The molecule has 0 bridgehead atoms. The third kappa shape index (κ3) is 2.36. The van der Waals surface area contributed by atoms with Gasteiger partial charge in [0.1, 0.15) is 11.5 Å². The predicted molar refractivity (Wildman–Crippen MR) is 67.4 cm³/mol. The molecular weight excluding hydrogens is 216 g/mol. The fourth-order valence-electron chi connectivity index (χ4n) is 2.19. The number of nitrogen functional groups attached to an aromatic ring is 1. The van der Waals surface area contributed by atoms with Crippen LogP contribution in [0.15, 0.2) is 12.4 Å². The summed E-state index contributed by atoms with van der Waals surface area (Å²) in [6, 6.07) is 0.351. The van der Waals surface area contributed by atoms with Crippen LogP contribution in [-0.4, -0.2) is 53.4 Å². The Morgan fingerprint density at radius 2 is 2.12 bits per heavy atom. The number of likely N-dealkylation sites (N-methyl/N-ethyl adjacent to an activating group) is 1. The molecule has 1 atom stereocenters. The molecule has 2 rings (SSSR count). The van der Waals surface area contributed by atoms with Gasteiger partial charge in [0.25, 0.3) is 0 Å². The summed E-state index contributed by atoms with van der Waals surface area (Å²) in [5.41, 5.74) is 6.01. The van der Waals surface area contributed by atoms with Crippen LogP contribution in [-0.2, 0) is 0 Å². The molecule has 6 heteroatoms. The van der Waals surface area contributed by atoms with Crippen molar-refractivity contribution in [2.24, 2.45) is 5.73 Å². The number of anilines is 1. The Bertz CT molecular complexity index is 418. The number of amidine groups is 1. The van der Waals surface area contributed by atoms with Crippen LogP contribution in [0.25, 0.3) is 0 Å². The molecule has 1 aromatic rings. The minimum Gasteiger partial charge on any atom is -0.382 e. The zero-order valence-corrected chi connectivity index (χ0v) is 10.2. The highest BCUT2D eigenvalue weighted by Gasteiger charge is 2.25. The Morgan fingerprint density at radius 1 is 1.41 bits per heavy atom. The van der Waals surface area contributed by atoms with Crippen molar-refractivity contribution in [3.63, 3.8) is 0 Å². The molecular formula is C11H18N6. The molecule has 6 nitrogen and oxygen atoms in total. The number of aromatic nitrogens is 2. The van der Waals surface area contributed by atoms with E-state index in [2.05, 4.69) is 33.7 Å². The van der Waals surface area contributed by atoms with E-state index in [0.717, 1.165) is 25.5 Å². The average molecular weight is 234 g/mol. The van der Waals surface area contributed by atoms with Gasteiger partial charge in [0.15, 0.2) is 5.82 Å². The monoisotopic (exact) mass is 234 g/mol. The standard InChI is InChI=1S/C11H18N6/c1-8-7-16(2)5-6-17(8)11-9(10(12)13)14-3-4-15-11/h3-4,8H,5-7H2,1-2H3,(H3,12,13). The molecule has 3 N–H and O–H groups in total. The number of rotatable bonds is 2. The molecule has 1 aromatic heterocycles. The molecule has 0 aliphatic carbocycles. The maximum absolute atomic E-state index is 7.54. The van der Waals surface area contributed by atoms with Crippen molar-refractivity contribution >= 4 is 11.7 Å². The molecule has 1 unspecified atom stereocenters. The first-order chi connectivity index (χ1) is 8.09. The van der Waals surface area contributed by atoms with E-state index >= 15 is 0 Å². The van der Waals surface area contributed by atoms with Gasteiger partial charge in [0.2, 0.25) is 0 Å². The normalized spacial score (nSPS) is 21.5. The van der Waals surface area contributed by atoms with Gasteiger partial charge in [0.05, 0.1) is 0 Å². The summed E-state index contributed by atoms with van der Waals surface area (Å²) in [6.45, 7) is 5.00. The van der Waals surface area contributed by atoms with Gasteiger partial charge in [-0.3, -0.25) is 5.41 Å². The van der Waals surface area contributed by atoms with Crippen molar-refractivity contribution in [3.05, 3.63) is 18.1 Å². The van der Waals surface area contributed by atoms with E-state index in [9.17, 15) is 0 Å². The Hall–Kier alpha value is -1.69. The summed E-state index contributed by atoms with van der Waals surface area (Å²) in [5, 5.41) is 7.54. The second-order valence-corrected chi connectivity index (χ2v) is 4.45. The molecule has 0 amide bonds. The number of nitrogens with one attached hydrogen (secondary N) is 1. The third-order valence-electron chi connectivity index (χ3n) is 3.04. The molecule has 1 saturated heterocycles. The van der Waals surface area contributed by atoms with Crippen LogP contribution in [0.3, 0.4) is 0 Å². The van der Waals surface area contributed by atoms with Crippen molar-refractivity contribution in [3.8, 4) is 0 Å². The Balaban J connectivity index is 2.30. The summed E-state index contributed by atoms with van der Waals surface area (Å²) in [6.07, 6.45) is 3.22. The van der Waals surface area contributed by atoms with E-state index in [1.807, 2.05) is 0 Å². The highest BCUT2D eigenvalue weighted by molar-refractivity contribution is 5.97. The zero-order valence-electron chi connectivity index (χ0n) is 10.2. The number of hydrogen-bond donors (Lipinski definition) is 2. The molecule has 0 radical (unpaired) electrons. The van der Waals surface area contributed by atoms with E-state index in [0.29, 0.717) is 11.7 Å². The van der Waals surface area contributed by atoms with Gasteiger partial charge < -0.3 is 15.5 Å². The molecule has 1 fully saturated rings. The second kappa shape index (κ2) is 4.67. The Kier molecular flexibility index (Phi) is 3.23. The molecule has 0 aromatic carbocycles. The van der Waals surface area contributed by atoms with Gasteiger partial charge in [-0.15, -0.1) is 0 Å². The maximum atomic E-state index is 7.54. The van der Waals surface area contributed by atoms with Gasteiger partial charge in [0, 0.05) is 38.1 Å². The summed E-state index contributed by atoms with van der Waals surface area (Å²) >= 11 is 0. The SMILES string of the molecule is CC1CN(C)CCN1c1nccnc1C(=N)N. The highest BCUT2D eigenvalue weighted by Crippen LogP contribution is 2.19. The first-order valence-corrected chi connectivity index (χ1v) is 5.70. The first-order valence-electron chi connectivity index (χ1n) is 5.70. The van der Waals surface area contributed by atoms with Gasteiger partial charge in [-0.05, 0) is 14.0 Å². The summed E-state index contributed by atoms with van der Waals surface area (Å²) in [7, 11) is 2.11. The van der Waals surface area contributed by atoms with Crippen molar-refractivity contribution < 1.29 is 0 Å². The van der Waals surface area contributed by atoms with Crippen molar-refractivity contribution in [2.75, 3.05) is 31.6 Å². The van der Waals surface area contributed by atoms with E-state index < -0.39 is 0 Å². The number of nitrogens with two attached hydrogens (primary N) is 1. The fraction of sp³-hybridized carbons (Fsp3) is 0.545. The largest absolute Gasteiger partial charge is 0.382 e. The van der Waals surface area contributed by atoms with Crippen LogP contribution in [0, 0.1) is 5.41 Å². The number of hydrogen-bond acceptors (Lipinski definition) is 5. The number of nitrogens with zero attached hydrogens (tertiary/aromatic N) is 4. The van der Waals surface area contributed by atoms with Crippen LogP contribution in [0.2, 0.25) is 0 Å². The molecule has 1 aliphatic rings. The van der Waals surface area contributed by atoms with Crippen LogP contribution in [0.4, 0.5) is 5.82 Å². The van der Waals surface area contributed by atoms with Gasteiger partial charge in [-0.25, -0.2) is 9.97 Å². The lowest BCUT2D eigenvalue weighted by Crippen LogP contribution is -2.51. The summed E-state index contributed by atoms with van der Waals surface area (Å²) in [4.78, 5) is 12.9. The van der Waals surface area contributed by atoms with Gasteiger partial charge >= 0.3 is 0 Å². The maximum Gasteiger partial charge on any atom is 0.158 e. The molecule has 1 aliphatic heterocycles. The predicted octanol–water partition coefficient (Wildman–Crippen LogP) is -0.0990. The van der Waals surface area contributed by atoms with Crippen LogP contribution < -0.4 is 10.6 Å². The molecule has 2 heterocycles. The smallest absolute Gasteiger partial charge is 0.158 e. The van der Waals surface area contributed by atoms with Crippen molar-refractivity contribution in [1.82, 2.24) is 14.9 Å². The lowest BCUT2D eigenvalue weighted by molar-refractivity contribution is 0.274. The Morgan fingerprint density at radius 3 is 2.76 bits per heavy atom. The van der Waals surface area contributed by atoms with E-state index in [1.165, 1.54) is 0 Å². The average Bonchev–Trinajstić information content (AvgIpc) is 2.29. The van der Waals surface area contributed by atoms with E-state index in [1.54, 1.807) is 12.4 Å². The zero-order chi connectivity index (χ0) is 12.4. The minimum absolute atomic E-state index is 0.0285. The molecule has 92 valence electrons. The highest BCUT2D eigenvalue weighted by atomic mass is 15.3. The van der Waals surface area contributed by atoms with Crippen molar-refractivity contribution in [1.29, 1.82) is 5.41 Å². The van der Waals surface area contributed by atoms with Gasteiger partial charge in [-0.1, -0.05) is 0 Å². The quantitative estimate of drug-likeness (QED) is 0.551. The van der Waals surface area contributed by atoms with E-state index in [-0.39, 0.29) is 5.84 Å².